The van der Waals surface area contributed by atoms with Gasteiger partial charge in [-0.3, -0.25) is 4.79 Å². The van der Waals surface area contributed by atoms with Gasteiger partial charge in [0.1, 0.15) is 12.4 Å². The van der Waals surface area contributed by atoms with Crippen LogP contribution in [0.2, 0.25) is 0 Å². The molecule has 0 unspecified atom stereocenters. The van der Waals surface area contributed by atoms with Crippen molar-refractivity contribution in [1.82, 2.24) is 4.98 Å². The summed E-state index contributed by atoms with van der Waals surface area (Å²) in [6.07, 6.45) is 6.93. The maximum absolute atomic E-state index is 10.9. The molecule has 0 saturated heterocycles. The second-order valence-corrected chi connectivity index (χ2v) is 3.81. The number of carboxylic acids is 1. The predicted octanol–water partition coefficient (Wildman–Crippen LogP) is 1.76. The summed E-state index contributed by atoms with van der Waals surface area (Å²) in [4.78, 5) is 16.7. The van der Waals surface area contributed by atoms with Gasteiger partial charge in [0, 0.05) is 11.6 Å². The smallest absolute Gasteiger partial charge is 0.323 e. The van der Waals surface area contributed by atoms with Crippen LogP contribution in [0.1, 0.15) is 0 Å². The molecule has 0 aliphatic carbocycles. The van der Waals surface area contributed by atoms with Gasteiger partial charge in [-0.1, -0.05) is 30.2 Å². The summed E-state index contributed by atoms with van der Waals surface area (Å²) in [6, 6.07) is 9.56. The van der Waals surface area contributed by atoms with Gasteiger partial charge in [-0.05, 0) is 11.5 Å². The molecule has 0 aliphatic rings. The lowest BCUT2D eigenvalue weighted by atomic mass is 10.1. The van der Waals surface area contributed by atoms with Gasteiger partial charge in [-0.15, -0.1) is 6.42 Å². The first-order valence-corrected chi connectivity index (χ1v) is 5.46. The van der Waals surface area contributed by atoms with Gasteiger partial charge in [-0.25, -0.2) is 4.98 Å². The first kappa shape index (κ1) is 11.9. The Morgan fingerprint density at radius 1 is 1.39 bits per heavy atom. The number of anilines is 1. The Balaban J connectivity index is 2.50. The van der Waals surface area contributed by atoms with Crippen LogP contribution >= 0.6 is 0 Å². The largest absolute Gasteiger partial charge is 0.480 e. The highest BCUT2D eigenvalue weighted by atomic mass is 16.4. The molecule has 1 heterocycles. The molecule has 0 bridgehead atoms. The van der Waals surface area contributed by atoms with Crippen molar-refractivity contribution in [1.29, 1.82) is 0 Å². The van der Waals surface area contributed by atoms with E-state index in [1.54, 1.807) is 11.1 Å². The van der Waals surface area contributed by atoms with Gasteiger partial charge in [0.25, 0.3) is 0 Å². The standard InChI is InChI=1S/C14H12N2O2/c1-2-9-16(10-13(17)18)14-12-6-4-3-5-11(12)7-8-15-14/h1,3-8H,9-10H2,(H,17,18). The first-order chi connectivity index (χ1) is 8.72. The fraction of sp³-hybridized carbons (Fsp3) is 0.143. The number of aliphatic carboxylic acids is 1. The average Bonchev–Trinajstić information content (AvgIpc) is 2.37. The molecule has 0 saturated carbocycles. The minimum absolute atomic E-state index is 0.162. The van der Waals surface area contributed by atoms with Crippen LogP contribution in [0.15, 0.2) is 36.5 Å². The number of aromatic nitrogens is 1. The van der Waals surface area contributed by atoms with E-state index in [0.717, 1.165) is 10.8 Å². The Morgan fingerprint density at radius 2 is 2.17 bits per heavy atom. The second-order valence-electron chi connectivity index (χ2n) is 3.81. The van der Waals surface area contributed by atoms with Crippen molar-refractivity contribution in [3.63, 3.8) is 0 Å². The summed E-state index contributed by atoms with van der Waals surface area (Å²) in [5, 5.41) is 10.8. The Hall–Kier alpha value is -2.54. The van der Waals surface area contributed by atoms with Crippen LogP contribution in [0.5, 0.6) is 0 Å². The highest BCUT2D eigenvalue weighted by Gasteiger charge is 2.13. The van der Waals surface area contributed by atoms with Crippen molar-refractivity contribution in [2.45, 2.75) is 0 Å². The van der Waals surface area contributed by atoms with E-state index in [1.165, 1.54) is 0 Å². The molecule has 2 rings (SSSR count). The highest BCUT2D eigenvalue weighted by Crippen LogP contribution is 2.23. The topological polar surface area (TPSA) is 53.4 Å². The van der Waals surface area contributed by atoms with Crippen molar-refractivity contribution in [2.75, 3.05) is 18.0 Å². The van der Waals surface area contributed by atoms with E-state index >= 15 is 0 Å². The fourth-order valence-electron chi connectivity index (χ4n) is 1.83. The zero-order valence-electron chi connectivity index (χ0n) is 9.71. The van der Waals surface area contributed by atoms with E-state index in [-0.39, 0.29) is 13.1 Å². The predicted molar refractivity (Wildman–Crippen MR) is 70.4 cm³/mol. The summed E-state index contributed by atoms with van der Waals surface area (Å²) in [5.41, 5.74) is 0. The van der Waals surface area contributed by atoms with E-state index in [2.05, 4.69) is 10.9 Å². The van der Waals surface area contributed by atoms with E-state index < -0.39 is 5.97 Å². The summed E-state index contributed by atoms with van der Waals surface area (Å²) in [6.45, 7) is 0.0541. The molecule has 0 spiro atoms. The number of pyridine rings is 1. The molecule has 0 fully saturated rings. The van der Waals surface area contributed by atoms with Crippen molar-refractivity contribution in [2.24, 2.45) is 0 Å². The Kier molecular flexibility index (Phi) is 3.44. The maximum Gasteiger partial charge on any atom is 0.323 e. The summed E-state index contributed by atoms with van der Waals surface area (Å²) in [5.74, 6) is 2.13. The number of hydrogen-bond donors (Lipinski definition) is 1. The number of carbonyl (C=O) groups is 1. The molecular weight excluding hydrogens is 228 g/mol. The second kappa shape index (κ2) is 5.19. The third-order valence-electron chi connectivity index (χ3n) is 2.56. The van der Waals surface area contributed by atoms with Crippen LogP contribution < -0.4 is 4.90 Å². The van der Waals surface area contributed by atoms with Crippen LogP contribution in [0, 0.1) is 12.3 Å². The zero-order valence-corrected chi connectivity index (χ0v) is 9.71. The van der Waals surface area contributed by atoms with E-state index in [9.17, 15) is 4.79 Å². The summed E-state index contributed by atoms with van der Waals surface area (Å²) < 4.78 is 0. The van der Waals surface area contributed by atoms with Crippen LogP contribution in [-0.4, -0.2) is 29.1 Å². The van der Waals surface area contributed by atoms with Gasteiger partial charge < -0.3 is 10.0 Å². The Bertz CT molecular complexity index is 611. The van der Waals surface area contributed by atoms with E-state index in [4.69, 9.17) is 11.5 Å². The molecule has 90 valence electrons. The third-order valence-corrected chi connectivity index (χ3v) is 2.56. The molecule has 1 aromatic heterocycles. The number of fused-ring (bicyclic) bond motifs is 1. The number of benzene rings is 1. The molecule has 0 aliphatic heterocycles. The number of terminal acetylenes is 1. The lowest BCUT2D eigenvalue weighted by molar-refractivity contribution is -0.135. The molecular formula is C14H12N2O2. The lowest BCUT2D eigenvalue weighted by Crippen LogP contribution is -2.30. The normalized spacial score (nSPS) is 9.94. The van der Waals surface area contributed by atoms with Crippen molar-refractivity contribution in [3.05, 3.63) is 36.5 Å². The van der Waals surface area contributed by atoms with Gasteiger partial charge in [0.15, 0.2) is 0 Å². The maximum atomic E-state index is 10.9. The van der Waals surface area contributed by atoms with Crippen LogP contribution in [0.25, 0.3) is 10.8 Å². The van der Waals surface area contributed by atoms with Crippen molar-refractivity contribution in [3.8, 4) is 12.3 Å². The average molecular weight is 240 g/mol. The number of nitrogens with zero attached hydrogens (tertiary/aromatic N) is 2. The van der Waals surface area contributed by atoms with E-state index in [0.29, 0.717) is 5.82 Å². The fourth-order valence-corrected chi connectivity index (χ4v) is 1.83. The monoisotopic (exact) mass is 240 g/mol. The molecule has 0 atom stereocenters. The Labute approximate surface area is 105 Å². The van der Waals surface area contributed by atoms with Gasteiger partial charge in [0.05, 0.1) is 6.54 Å². The molecule has 1 aromatic carbocycles. The van der Waals surface area contributed by atoms with E-state index in [1.807, 2.05) is 30.3 Å². The van der Waals surface area contributed by atoms with Crippen molar-refractivity contribution < 1.29 is 9.90 Å². The number of carboxylic acid groups (broad SMARTS) is 1. The molecule has 1 N–H and O–H groups in total. The van der Waals surface area contributed by atoms with Crippen LogP contribution in [-0.2, 0) is 4.79 Å². The van der Waals surface area contributed by atoms with Gasteiger partial charge in [0.2, 0.25) is 0 Å². The molecule has 2 aromatic rings. The summed E-state index contributed by atoms with van der Waals surface area (Å²) in [7, 11) is 0. The number of rotatable bonds is 4. The molecule has 4 heteroatoms. The third kappa shape index (κ3) is 2.41. The highest BCUT2D eigenvalue weighted by molar-refractivity contribution is 5.93. The van der Waals surface area contributed by atoms with Gasteiger partial charge in [-0.2, -0.15) is 0 Å². The first-order valence-electron chi connectivity index (χ1n) is 5.46. The van der Waals surface area contributed by atoms with Crippen molar-refractivity contribution >= 4 is 22.6 Å². The lowest BCUT2D eigenvalue weighted by Gasteiger charge is -2.20. The number of hydrogen-bond acceptors (Lipinski definition) is 3. The minimum Gasteiger partial charge on any atom is -0.480 e. The summed E-state index contributed by atoms with van der Waals surface area (Å²) >= 11 is 0. The SMILES string of the molecule is C#CCN(CC(=O)O)c1nccc2ccccc12. The van der Waals surface area contributed by atoms with Gasteiger partial charge >= 0.3 is 5.97 Å². The molecule has 18 heavy (non-hydrogen) atoms. The quantitative estimate of drug-likeness (QED) is 0.827. The Morgan fingerprint density at radius 3 is 2.89 bits per heavy atom. The minimum atomic E-state index is -0.931. The van der Waals surface area contributed by atoms with Crippen LogP contribution in [0.4, 0.5) is 5.82 Å². The molecule has 0 amide bonds. The molecule has 0 radical (unpaired) electrons. The molecule has 4 nitrogen and oxygen atoms in total. The zero-order chi connectivity index (χ0) is 13.0. The van der Waals surface area contributed by atoms with Crippen LogP contribution in [0.3, 0.4) is 0 Å².